The fourth-order valence-corrected chi connectivity index (χ4v) is 3.58. The second kappa shape index (κ2) is 7.55. The Kier molecular flexibility index (Phi) is 5.55. The molecule has 2 N–H and O–H groups in total. The summed E-state index contributed by atoms with van der Waals surface area (Å²) in [7, 11) is 0. The van der Waals surface area contributed by atoms with E-state index in [2.05, 4.69) is 0 Å². The first-order valence-corrected chi connectivity index (χ1v) is 9.21. The summed E-state index contributed by atoms with van der Waals surface area (Å²) in [6, 6.07) is 5.89. The zero-order valence-electron chi connectivity index (χ0n) is 15.2. The first kappa shape index (κ1) is 19.1. The van der Waals surface area contributed by atoms with Crippen molar-refractivity contribution in [2.75, 3.05) is 19.7 Å². The Morgan fingerprint density at radius 3 is 2.65 bits per heavy atom. The summed E-state index contributed by atoms with van der Waals surface area (Å²) >= 11 is 6.12. The lowest BCUT2D eigenvalue weighted by atomic mass is 9.68. The third-order valence-corrected chi connectivity index (χ3v) is 5.51. The molecule has 142 valence electrons. The molecular formula is C19H25ClN2O4. The molecule has 2 fully saturated rings. The van der Waals surface area contributed by atoms with E-state index in [9.17, 15) is 9.59 Å². The molecule has 1 aliphatic carbocycles. The maximum atomic E-state index is 12.4. The lowest BCUT2D eigenvalue weighted by Crippen LogP contribution is -2.63. The maximum absolute atomic E-state index is 12.4. The van der Waals surface area contributed by atoms with E-state index < -0.39 is 5.54 Å². The Balaban J connectivity index is 1.37. The van der Waals surface area contributed by atoms with Crippen LogP contribution in [0.1, 0.15) is 30.9 Å². The first-order chi connectivity index (χ1) is 12.3. The van der Waals surface area contributed by atoms with Gasteiger partial charge in [0.2, 0.25) is 5.91 Å². The number of ether oxygens (including phenoxy) is 2. The molecule has 0 spiro atoms. The normalized spacial score (nSPS) is 25.4. The predicted octanol–water partition coefficient (Wildman–Crippen LogP) is 2.05. The fourth-order valence-electron chi connectivity index (χ4n) is 3.38. The zero-order valence-corrected chi connectivity index (χ0v) is 15.9. The Morgan fingerprint density at radius 1 is 1.35 bits per heavy atom. The second-order valence-electron chi connectivity index (χ2n) is 7.51. The van der Waals surface area contributed by atoms with Crippen LogP contribution < -0.4 is 5.73 Å². The number of benzene rings is 1. The van der Waals surface area contributed by atoms with Crippen molar-refractivity contribution < 1.29 is 19.1 Å². The molecule has 1 aromatic rings. The van der Waals surface area contributed by atoms with Gasteiger partial charge in [0.15, 0.2) is 0 Å². The van der Waals surface area contributed by atoms with Gasteiger partial charge in [-0.05, 0) is 37.0 Å². The van der Waals surface area contributed by atoms with E-state index >= 15 is 0 Å². The highest BCUT2D eigenvalue weighted by atomic mass is 35.5. The number of aryl methyl sites for hydroxylation is 1. The minimum Gasteiger partial charge on any atom is -0.464 e. The average Bonchev–Trinajstić information content (AvgIpc) is 2.51. The Hall–Kier alpha value is -1.63. The molecule has 6 nitrogen and oxygen atoms in total. The molecule has 2 aliphatic rings. The topological polar surface area (TPSA) is 81.9 Å². The zero-order chi connectivity index (χ0) is 18.9. The van der Waals surface area contributed by atoms with Gasteiger partial charge in [-0.3, -0.25) is 9.59 Å². The van der Waals surface area contributed by atoms with Crippen molar-refractivity contribution in [3.05, 3.63) is 34.3 Å². The highest BCUT2D eigenvalue weighted by molar-refractivity contribution is 6.31. The molecule has 0 atom stereocenters. The van der Waals surface area contributed by atoms with Crippen molar-refractivity contribution in [2.24, 2.45) is 11.7 Å². The number of esters is 1. The number of carbonyl (C=O) groups is 2. The summed E-state index contributed by atoms with van der Waals surface area (Å²) in [5, 5.41) is 0.737. The van der Waals surface area contributed by atoms with Crippen LogP contribution in [0.2, 0.25) is 5.02 Å². The lowest BCUT2D eigenvalue weighted by Gasteiger charge is -2.48. The average molecular weight is 381 g/mol. The van der Waals surface area contributed by atoms with Gasteiger partial charge in [0.1, 0.15) is 6.61 Å². The van der Waals surface area contributed by atoms with E-state index in [0.29, 0.717) is 32.5 Å². The van der Waals surface area contributed by atoms with Gasteiger partial charge < -0.3 is 20.1 Å². The lowest BCUT2D eigenvalue weighted by molar-refractivity contribution is -0.157. The van der Waals surface area contributed by atoms with Crippen molar-refractivity contribution in [3.8, 4) is 0 Å². The predicted molar refractivity (Wildman–Crippen MR) is 97.6 cm³/mol. The molecule has 1 saturated carbocycles. The fraction of sp³-hybridized carbons (Fsp3) is 0.579. The van der Waals surface area contributed by atoms with Crippen LogP contribution in [0.5, 0.6) is 0 Å². The highest BCUT2D eigenvalue weighted by Crippen LogP contribution is 2.38. The molecule has 3 rings (SSSR count). The van der Waals surface area contributed by atoms with E-state index in [-0.39, 0.29) is 30.5 Å². The first-order valence-electron chi connectivity index (χ1n) is 8.83. The molecule has 26 heavy (non-hydrogen) atoms. The van der Waals surface area contributed by atoms with Gasteiger partial charge in [-0.15, -0.1) is 0 Å². The number of halogens is 1. The van der Waals surface area contributed by atoms with E-state index in [4.69, 9.17) is 26.8 Å². The summed E-state index contributed by atoms with van der Waals surface area (Å²) in [4.78, 5) is 25.1. The van der Waals surface area contributed by atoms with Crippen LogP contribution in [-0.2, 0) is 25.7 Å². The number of nitrogens with two attached hydrogens (primary N) is 1. The summed E-state index contributed by atoms with van der Waals surface area (Å²) in [5.41, 5.74) is 7.63. The smallest absolute Gasteiger partial charge is 0.302 e. The van der Waals surface area contributed by atoms with Crippen molar-refractivity contribution >= 4 is 23.5 Å². The number of likely N-dealkylation sites (tertiary alicyclic amines) is 1. The van der Waals surface area contributed by atoms with Crippen molar-refractivity contribution in [2.45, 2.75) is 44.9 Å². The summed E-state index contributed by atoms with van der Waals surface area (Å²) < 4.78 is 10.8. The van der Waals surface area contributed by atoms with Crippen molar-refractivity contribution in [1.29, 1.82) is 0 Å². The molecule has 0 aromatic heterocycles. The van der Waals surface area contributed by atoms with Crippen molar-refractivity contribution in [1.82, 2.24) is 4.90 Å². The maximum Gasteiger partial charge on any atom is 0.302 e. The monoisotopic (exact) mass is 380 g/mol. The van der Waals surface area contributed by atoms with Gasteiger partial charge in [0.05, 0.1) is 18.2 Å². The third-order valence-electron chi connectivity index (χ3n) is 5.10. The van der Waals surface area contributed by atoms with Gasteiger partial charge in [-0.1, -0.05) is 23.7 Å². The molecule has 1 aliphatic heterocycles. The minimum absolute atomic E-state index is 0.0581. The number of hydrogen-bond donors (Lipinski definition) is 1. The van der Waals surface area contributed by atoms with Gasteiger partial charge >= 0.3 is 5.97 Å². The number of rotatable bonds is 6. The SMILES string of the molecule is CC(=O)OCC1(N)CC(C(=O)N2CC(OCc3ccc(C)c(Cl)c3)C2)C1. The number of carbonyl (C=O) groups excluding carboxylic acids is 2. The molecule has 0 bridgehead atoms. The van der Waals surface area contributed by atoms with Crippen LogP contribution in [0.3, 0.4) is 0 Å². The van der Waals surface area contributed by atoms with E-state index in [0.717, 1.165) is 16.1 Å². The van der Waals surface area contributed by atoms with E-state index in [1.807, 2.05) is 30.0 Å². The molecule has 1 saturated heterocycles. The van der Waals surface area contributed by atoms with Gasteiger partial charge in [0.25, 0.3) is 0 Å². The highest BCUT2D eigenvalue weighted by Gasteiger charge is 2.48. The summed E-state index contributed by atoms with van der Waals surface area (Å²) in [6.07, 6.45) is 1.18. The molecule has 0 unspecified atom stereocenters. The van der Waals surface area contributed by atoms with Crippen LogP contribution in [0.4, 0.5) is 0 Å². The van der Waals surface area contributed by atoms with Crippen LogP contribution in [0.25, 0.3) is 0 Å². The second-order valence-corrected chi connectivity index (χ2v) is 7.91. The standard InChI is InChI=1S/C19H25ClN2O4/c1-12-3-4-14(5-17(12)20)10-25-16-8-22(9-16)18(24)15-6-19(21,7-15)11-26-13(2)23/h3-5,15-16H,6-11,21H2,1-2H3. The number of amides is 1. The Bertz CT molecular complexity index is 697. The molecule has 1 amide bonds. The third kappa shape index (κ3) is 4.37. The molecule has 7 heteroatoms. The minimum atomic E-state index is -0.558. The molecule has 1 aromatic carbocycles. The van der Waals surface area contributed by atoms with E-state index in [1.54, 1.807) is 0 Å². The van der Waals surface area contributed by atoms with E-state index in [1.165, 1.54) is 6.92 Å². The Labute approximate surface area is 158 Å². The quantitative estimate of drug-likeness (QED) is 0.764. The number of nitrogens with zero attached hydrogens (tertiary/aromatic N) is 1. The van der Waals surface area contributed by atoms with Crippen LogP contribution >= 0.6 is 11.6 Å². The molecule has 0 radical (unpaired) electrons. The Morgan fingerprint density at radius 2 is 2.04 bits per heavy atom. The summed E-state index contributed by atoms with van der Waals surface area (Å²) in [5.74, 6) is -0.304. The van der Waals surface area contributed by atoms with Crippen molar-refractivity contribution in [3.63, 3.8) is 0 Å². The molecular weight excluding hydrogens is 356 g/mol. The van der Waals surface area contributed by atoms with Gasteiger partial charge in [0, 0.05) is 31.0 Å². The summed E-state index contributed by atoms with van der Waals surface area (Å²) in [6.45, 7) is 5.20. The largest absolute Gasteiger partial charge is 0.464 e. The molecule has 1 heterocycles. The van der Waals surface area contributed by atoms with Gasteiger partial charge in [-0.2, -0.15) is 0 Å². The number of hydrogen-bond acceptors (Lipinski definition) is 5. The van der Waals surface area contributed by atoms with Crippen LogP contribution in [-0.4, -0.2) is 48.1 Å². The van der Waals surface area contributed by atoms with Crippen LogP contribution in [0, 0.1) is 12.8 Å². The van der Waals surface area contributed by atoms with Crippen LogP contribution in [0.15, 0.2) is 18.2 Å². The van der Waals surface area contributed by atoms with Gasteiger partial charge in [-0.25, -0.2) is 0 Å².